The number of ether oxygens (including phenoxy) is 3. The van der Waals surface area contributed by atoms with Crippen LogP contribution in [0.4, 0.5) is 0 Å². The Hall–Kier alpha value is -1.78. The highest BCUT2D eigenvalue weighted by Gasteiger charge is 2.24. The van der Waals surface area contributed by atoms with Crippen molar-refractivity contribution in [3.05, 3.63) is 23.5 Å². The van der Waals surface area contributed by atoms with Gasteiger partial charge in [-0.15, -0.1) is 0 Å². The molecule has 0 unspecified atom stereocenters. The standard InChI is InChI=1S/C10H10O5/c1-6-4-8(15-9(6)11)14-5-7-2-3-13-10(7)12/h4-5,8H,2-3H2,1H3/b7-5+/t8-/m1/s1. The molecule has 0 aliphatic carbocycles. The quantitative estimate of drug-likeness (QED) is 0.380. The molecule has 5 nitrogen and oxygen atoms in total. The van der Waals surface area contributed by atoms with Crippen LogP contribution in [0, 0.1) is 0 Å². The minimum absolute atomic E-state index is 0.375. The minimum atomic E-state index is -0.724. The third-order valence-electron chi connectivity index (χ3n) is 2.14. The Bertz CT molecular complexity index is 366. The Labute approximate surface area is 86.3 Å². The number of rotatable bonds is 2. The number of hydrogen-bond donors (Lipinski definition) is 0. The second-order valence-electron chi connectivity index (χ2n) is 3.29. The van der Waals surface area contributed by atoms with Gasteiger partial charge in [0.15, 0.2) is 0 Å². The van der Waals surface area contributed by atoms with Crippen LogP contribution in [0.25, 0.3) is 0 Å². The zero-order chi connectivity index (χ0) is 10.8. The van der Waals surface area contributed by atoms with Crippen molar-refractivity contribution in [2.45, 2.75) is 19.6 Å². The number of esters is 2. The van der Waals surface area contributed by atoms with Crippen LogP contribution in [-0.2, 0) is 23.8 Å². The number of hydrogen-bond acceptors (Lipinski definition) is 5. The lowest BCUT2D eigenvalue weighted by Crippen LogP contribution is -2.10. The largest absolute Gasteiger partial charge is 0.462 e. The molecule has 2 rings (SSSR count). The molecule has 1 atom stereocenters. The van der Waals surface area contributed by atoms with E-state index in [4.69, 9.17) is 14.2 Å². The molecular weight excluding hydrogens is 200 g/mol. The smallest absolute Gasteiger partial charge is 0.337 e. The second kappa shape index (κ2) is 3.76. The number of carbonyl (C=O) groups excluding carboxylic acids is 2. The summed E-state index contributed by atoms with van der Waals surface area (Å²) in [6.07, 6.45) is 2.66. The van der Waals surface area contributed by atoms with Gasteiger partial charge < -0.3 is 14.2 Å². The van der Waals surface area contributed by atoms with Crippen molar-refractivity contribution in [1.29, 1.82) is 0 Å². The number of carbonyl (C=O) groups is 2. The molecule has 0 amide bonds. The van der Waals surface area contributed by atoms with E-state index in [2.05, 4.69) is 0 Å². The summed E-state index contributed by atoms with van der Waals surface area (Å²) < 4.78 is 14.6. The van der Waals surface area contributed by atoms with Crippen LogP contribution >= 0.6 is 0 Å². The van der Waals surface area contributed by atoms with Gasteiger partial charge in [0.2, 0.25) is 0 Å². The third kappa shape index (κ3) is 2.01. The highest BCUT2D eigenvalue weighted by molar-refractivity contribution is 5.90. The summed E-state index contributed by atoms with van der Waals surface area (Å²) in [5, 5.41) is 0. The molecular formula is C10H10O5. The van der Waals surface area contributed by atoms with Gasteiger partial charge in [-0.25, -0.2) is 9.59 Å². The van der Waals surface area contributed by atoms with E-state index >= 15 is 0 Å². The van der Waals surface area contributed by atoms with Crippen LogP contribution < -0.4 is 0 Å². The van der Waals surface area contributed by atoms with Crippen molar-refractivity contribution >= 4 is 11.9 Å². The Balaban J connectivity index is 1.94. The lowest BCUT2D eigenvalue weighted by atomic mass is 10.2. The highest BCUT2D eigenvalue weighted by Crippen LogP contribution is 2.17. The molecule has 2 aliphatic heterocycles. The summed E-state index contributed by atoms with van der Waals surface area (Å²) in [6, 6.07) is 0. The molecule has 15 heavy (non-hydrogen) atoms. The van der Waals surface area contributed by atoms with Crippen LogP contribution in [0.1, 0.15) is 13.3 Å². The molecule has 80 valence electrons. The molecule has 0 aromatic heterocycles. The molecule has 0 aromatic carbocycles. The Morgan fingerprint density at radius 1 is 1.47 bits per heavy atom. The fourth-order valence-corrected chi connectivity index (χ4v) is 1.28. The van der Waals surface area contributed by atoms with Crippen LogP contribution in [0.15, 0.2) is 23.5 Å². The minimum Gasteiger partial charge on any atom is -0.462 e. The molecule has 0 saturated carbocycles. The molecule has 2 heterocycles. The summed E-state index contributed by atoms with van der Waals surface area (Å²) in [6.45, 7) is 2.02. The molecule has 1 fully saturated rings. The molecule has 0 bridgehead atoms. The van der Waals surface area contributed by atoms with E-state index in [0.717, 1.165) is 0 Å². The van der Waals surface area contributed by atoms with Crippen molar-refractivity contribution < 1.29 is 23.8 Å². The van der Waals surface area contributed by atoms with Gasteiger partial charge in [0.1, 0.15) is 0 Å². The van der Waals surface area contributed by atoms with Crippen molar-refractivity contribution in [2.75, 3.05) is 6.61 Å². The Morgan fingerprint density at radius 3 is 2.80 bits per heavy atom. The van der Waals surface area contributed by atoms with Crippen LogP contribution in [0.2, 0.25) is 0 Å². The zero-order valence-electron chi connectivity index (χ0n) is 8.19. The van der Waals surface area contributed by atoms with Gasteiger partial charge in [0, 0.05) is 18.1 Å². The van der Waals surface area contributed by atoms with E-state index in [9.17, 15) is 9.59 Å². The summed E-state index contributed by atoms with van der Waals surface area (Å²) >= 11 is 0. The monoisotopic (exact) mass is 210 g/mol. The van der Waals surface area contributed by atoms with E-state index in [0.29, 0.717) is 24.2 Å². The van der Waals surface area contributed by atoms with Gasteiger partial charge >= 0.3 is 11.9 Å². The maximum atomic E-state index is 11.0. The van der Waals surface area contributed by atoms with Gasteiger partial charge in [-0.05, 0) is 6.92 Å². The maximum Gasteiger partial charge on any atom is 0.337 e. The SMILES string of the molecule is CC1=C[C@H](O/C=C2\CCOC2=O)OC1=O. The second-order valence-corrected chi connectivity index (χ2v) is 3.29. The van der Waals surface area contributed by atoms with Crippen molar-refractivity contribution in [2.24, 2.45) is 0 Å². The van der Waals surface area contributed by atoms with Gasteiger partial charge in [-0.1, -0.05) is 0 Å². The van der Waals surface area contributed by atoms with E-state index in [-0.39, 0.29) is 5.97 Å². The summed E-state index contributed by atoms with van der Waals surface area (Å²) in [4.78, 5) is 22.0. The first-order valence-electron chi connectivity index (χ1n) is 4.58. The first-order valence-corrected chi connectivity index (χ1v) is 4.58. The van der Waals surface area contributed by atoms with Crippen molar-refractivity contribution in [1.82, 2.24) is 0 Å². The molecule has 0 spiro atoms. The van der Waals surface area contributed by atoms with E-state index in [1.54, 1.807) is 13.0 Å². The lowest BCUT2D eigenvalue weighted by Gasteiger charge is -2.07. The molecule has 1 saturated heterocycles. The van der Waals surface area contributed by atoms with Gasteiger partial charge in [0.05, 0.1) is 18.4 Å². The first kappa shape index (κ1) is 9.76. The van der Waals surface area contributed by atoms with Crippen molar-refractivity contribution in [3.8, 4) is 0 Å². The predicted molar refractivity (Wildman–Crippen MR) is 48.4 cm³/mol. The summed E-state index contributed by atoms with van der Waals surface area (Å²) in [7, 11) is 0. The highest BCUT2D eigenvalue weighted by atomic mass is 16.7. The summed E-state index contributed by atoms with van der Waals surface area (Å²) in [5.74, 6) is -0.771. The van der Waals surface area contributed by atoms with E-state index in [1.807, 2.05) is 0 Å². The fraction of sp³-hybridized carbons (Fsp3) is 0.400. The Kier molecular flexibility index (Phi) is 2.45. The zero-order valence-corrected chi connectivity index (χ0v) is 8.19. The van der Waals surface area contributed by atoms with Gasteiger partial charge in [-0.3, -0.25) is 0 Å². The molecule has 0 N–H and O–H groups in total. The first-order chi connectivity index (χ1) is 7.16. The lowest BCUT2D eigenvalue weighted by molar-refractivity contribution is -0.152. The fourth-order valence-electron chi connectivity index (χ4n) is 1.28. The summed E-state index contributed by atoms with van der Waals surface area (Å²) in [5.41, 5.74) is 0.969. The third-order valence-corrected chi connectivity index (χ3v) is 2.14. The topological polar surface area (TPSA) is 61.8 Å². The van der Waals surface area contributed by atoms with Gasteiger partial charge in [-0.2, -0.15) is 0 Å². The van der Waals surface area contributed by atoms with Crippen LogP contribution in [0.5, 0.6) is 0 Å². The normalized spacial score (nSPS) is 27.7. The average molecular weight is 210 g/mol. The molecule has 2 aliphatic rings. The molecule has 5 heteroatoms. The van der Waals surface area contributed by atoms with Gasteiger partial charge in [0.25, 0.3) is 6.29 Å². The Morgan fingerprint density at radius 2 is 2.27 bits per heavy atom. The number of cyclic esters (lactones) is 2. The van der Waals surface area contributed by atoms with E-state index < -0.39 is 12.3 Å². The maximum absolute atomic E-state index is 11.0. The van der Waals surface area contributed by atoms with Crippen LogP contribution in [0.3, 0.4) is 0 Å². The van der Waals surface area contributed by atoms with Crippen LogP contribution in [-0.4, -0.2) is 24.8 Å². The average Bonchev–Trinajstić information content (AvgIpc) is 2.72. The predicted octanol–water partition coefficient (Wildman–Crippen LogP) is 0.663. The van der Waals surface area contributed by atoms with Crippen molar-refractivity contribution in [3.63, 3.8) is 0 Å². The molecule has 0 aromatic rings. The van der Waals surface area contributed by atoms with E-state index in [1.165, 1.54) is 6.26 Å². The molecule has 0 radical (unpaired) electrons.